The Morgan fingerprint density at radius 2 is 2.00 bits per heavy atom. The zero-order valence-corrected chi connectivity index (χ0v) is 14.0. The highest BCUT2D eigenvalue weighted by Gasteiger charge is 2.32. The van der Waals surface area contributed by atoms with Crippen molar-refractivity contribution in [3.63, 3.8) is 0 Å². The molecule has 2 rings (SSSR count). The SMILES string of the molecule is CN(C)CC(c1ccccc1)N(C)C(=O)C1COCCN1C. The molecule has 5 nitrogen and oxygen atoms in total. The number of hydrogen-bond acceptors (Lipinski definition) is 4. The van der Waals surface area contributed by atoms with Gasteiger partial charge in [0.25, 0.3) is 0 Å². The van der Waals surface area contributed by atoms with Crippen molar-refractivity contribution in [1.82, 2.24) is 14.7 Å². The minimum absolute atomic E-state index is 0.0408. The molecule has 0 aromatic heterocycles. The molecule has 0 N–H and O–H groups in total. The van der Waals surface area contributed by atoms with Gasteiger partial charge in [0.1, 0.15) is 6.04 Å². The molecule has 22 heavy (non-hydrogen) atoms. The van der Waals surface area contributed by atoms with Crippen LogP contribution in [-0.4, -0.2) is 81.1 Å². The van der Waals surface area contributed by atoms with Gasteiger partial charge in [-0.25, -0.2) is 0 Å². The van der Waals surface area contributed by atoms with Crippen LogP contribution in [0.25, 0.3) is 0 Å². The lowest BCUT2D eigenvalue weighted by Crippen LogP contribution is -2.53. The molecule has 1 aromatic rings. The maximum Gasteiger partial charge on any atom is 0.242 e. The molecule has 1 amide bonds. The Morgan fingerprint density at radius 3 is 2.59 bits per heavy atom. The molecule has 1 fully saturated rings. The Bertz CT molecular complexity index is 478. The highest BCUT2D eigenvalue weighted by atomic mass is 16.5. The number of benzene rings is 1. The summed E-state index contributed by atoms with van der Waals surface area (Å²) in [4.78, 5) is 19.0. The van der Waals surface area contributed by atoms with E-state index in [2.05, 4.69) is 21.9 Å². The van der Waals surface area contributed by atoms with Gasteiger partial charge in [-0.15, -0.1) is 0 Å². The molecule has 2 atom stereocenters. The summed E-state index contributed by atoms with van der Waals surface area (Å²) in [6, 6.07) is 10.1. The Morgan fingerprint density at radius 1 is 1.32 bits per heavy atom. The summed E-state index contributed by atoms with van der Waals surface area (Å²) in [5.74, 6) is 0.123. The standard InChI is InChI=1S/C17H27N3O2/c1-18(2)12-15(14-8-6-5-7-9-14)20(4)17(21)16-13-22-11-10-19(16)3/h5-9,15-16H,10-13H2,1-4H3. The van der Waals surface area contributed by atoms with Gasteiger partial charge in [-0.05, 0) is 26.7 Å². The fourth-order valence-electron chi connectivity index (χ4n) is 2.81. The fourth-order valence-corrected chi connectivity index (χ4v) is 2.81. The number of hydrogen-bond donors (Lipinski definition) is 0. The van der Waals surface area contributed by atoms with E-state index >= 15 is 0 Å². The molecule has 1 saturated heterocycles. The third kappa shape index (κ3) is 4.06. The maximum atomic E-state index is 12.9. The summed E-state index contributed by atoms with van der Waals surface area (Å²) >= 11 is 0. The van der Waals surface area contributed by atoms with Gasteiger partial charge in [-0.1, -0.05) is 30.3 Å². The Hall–Kier alpha value is -1.43. The van der Waals surface area contributed by atoms with Gasteiger partial charge >= 0.3 is 0 Å². The van der Waals surface area contributed by atoms with Crippen LogP contribution in [0.4, 0.5) is 0 Å². The number of ether oxygens (including phenoxy) is 1. The summed E-state index contributed by atoms with van der Waals surface area (Å²) in [5.41, 5.74) is 1.16. The van der Waals surface area contributed by atoms with Crippen molar-refractivity contribution < 1.29 is 9.53 Å². The fraction of sp³-hybridized carbons (Fsp3) is 0.588. The van der Waals surface area contributed by atoms with Crippen LogP contribution >= 0.6 is 0 Å². The van der Waals surface area contributed by atoms with Gasteiger partial charge in [0.2, 0.25) is 5.91 Å². The quantitative estimate of drug-likeness (QED) is 0.815. The zero-order valence-electron chi connectivity index (χ0n) is 14.0. The van der Waals surface area contributed by atoms with Crippen molar-refractivity contribution in [1.29, 1.82) is 0 Å². The van der Waals surface area contributed by atoms with Crippen LogP contribution in [0.3, 0.4) is 0 Å². The summed E-state index contributed by atoms with van der Waals surface area (Å²) in [6.45, 7) is 2.77. The van der Waals surface area contributed by atoms with E-state index < -0.39 is 0 Å². The lowest BCUT2D eigenvalue weighted by atomic mass is 10.0. The van der Waals surface area contributed by atoms with E-state index in [4.69, 9.17) is 4.74 Å². The predicted octanol–water partition coefficient (Wildman–Crippen LogP) is 1.08. The van der Waals surface area contributed by atoms with Gasteiger partial charge in [-0.3, -0.25) is 9.69 Å². The van der Waals surface area contributed by atoms with Crippen LogP contribution in [0.5, 0.6) is 0 Å². The third-order valence-electron chi connectivity index (χ3n) is 4.22. The van der Waals surface area contributed by atoms with Crippen molar-refractivity contribution in [2.24, 2.45) is 0 Å². The molecule has 0 saturated carbocycles. The minimum Gasteiger partial charge on any atom is -0.378 e. The van der Waals surface area contributed by atoms with Crippen molar-refractivity contribution >= 4 is 5.91 Å². The molecule has 0 spiro atoms. The number of carbonyl (C=O) groups is 1. The summed E-state index contributed by atoms with van der Waals surface area (Å²) in [6.07, 6.45) is 0. The van der Waals surface area contributed by atoms with E-state index in [0.717, 1.165) is 18.7 Å². The van der Waals surface area contributed by atoms with Crippen LogP contribution < -0.4 is 0 Å². The zero-order chi connectivity index (χ0) is 16.1. The van der Waals surface area contributed by atoms with Crippen LogP contribution in [0, 0.1) is 0 Å². The van der Waals surface area contributed by atoms with Gasteiger partial charge in [-0.2, -0.15) is 0 Å². The number of morpholine rings is 1. The van der Waals surface area contributed by atoms with Gasteiger partial charge in [0.15, 0.2) is 0 Å². The highest BCUT2D eigenvalue weighted by molar-refractivity contribution is 5.82. The Balaban J connectivity index is 2.17. The molecule has 0 bridgehead atoms. The van der Waals surface area contributed by atoms with E-state index in [1.54, 1.807) is 0 Å². The predicted molar refractivity (Wildman–Crippen MR) is 87.7 cm³/mol. The molecule has 0 radical (unpaired) electrons. The van der Waals surface area contributed by atoms with Crippen molar-refractivity contribution in [3.05, 3.63) is 35.9 Å². The summed E-state index contributed by atoms with van der Waals surface area (Å²) in [5, 5.41) is 0. The van der Waals surface area contributed by atoms with Gasteiger partial charge < -0.3 is 14.5 Å². The van der Waals surface area contributed by atoms with E-state index in [9.17, 15) is 4.79 Å². The topological polar surface area (TPSA) is 36.0 Å². The Labute approximate surface area is 133 Å². The molecule has 0 aliphatic carbocycles. The number of likely N-dealkylation sites (N-methyl/N-ethyl adjacent to an activating group) is 3. The molecule has 1 aliphatic rings. The molecular weight excluding hydrogens is 278 g/mol. The van der Waals surface area contributed by atoms with E-state index in [1.165, 1.54) is 0 Å². The Kier molecular flexibility index (Phi) is 5.94. The van der Waals surface area contributed by atoms with Crippen LogP contribution in [0.2, 0.25) is 0 Å². The van der Waals surface area contributed by atoms with E-state index in [1.807, 2.05) is 51.3 Å². The molecular formula is C17H27N3O2. The van der Waals surface area contributed by atoms with E-state index in [-0.39, 0.29) is 18.0 Å². The maximum absolute atomic E-state index is 12.9. The highest BCUT2D eigenvalue weighted by Crippen LogP contribution is 2.22. The first kappa shape index (κ1) is 16.9. The van der Waals surface area contributed by atoms with Crippen LogP contribution in [0.15, 0.2) is 30.3 Å². The normalized spacial score (nSPS) is 20.9. The van der Waals surface area contributed by atoms with Gasteiger partial charge in [0.05, 0.1) is 19.3 Å². The second-order valence-electron chi connectivity index (χ2n) is 6.21. The van der Waals surface area contributed by atoms with Gasteiger partial charge in [0, 0.05) is 20.1 Å². The molecule has 1 heterocycles. The van der Waals surface area contributed by atoms with Crippen molar-refractivity contribution in [2.75, 3.05) is 54.5 Å². The summed E-state index contributed by atoms with van der Waals surface area (Å²) < 4.78 is 5.49. The molecule has 122 valence electrons. The summed E-state index contributed by atoms with van der Waals surface area (Å²) in [7, 11) is 7.95. The molecule has 1 aromatic carbocycles. The van der Waals surface area contributed by atoms with Crippen molar-refractivity contribution in [3.8, 4) is 0 Å². The first-order valence-corrected chi connectivity index (χ1v) is 7.75. The van der Waals surface area contributed by atoms with E-state index in [0.29, 0.717) is 13.2 Å². The number of rotatable bonds is 5. The average Bonchev–Trinajstić information content (AvgIpc) is 2.52. The second-order valence-corrected chi connectivity index (χ2v) is 6.21. The molecule has 1 aliphatic heterocycles. The largest absolute Gasteiger partial charge is 0.378 e. The monoisotopic (exact) mass is 305 g/mol. The third-order valence-corrected chi connectivity index (χ3v) is 4.22. The second kappa shape index (κ2) is 7.72. The smallest absolute Gasteiger partial charge is 0.242 e. The molecule has 2 unspecified atom stereocenters. The lowest BCUT2D eigenvalue weighted by Gasteiger charge is -2.37. The van der Waals surface area contributed by atoms with Crippen LogP contribution in [0.1, 0.15) is 11.6 Å². The first-order valence-electron chi connectivity index (χ1n) is 7.75. The minimum atomic E-state index is -0.188. The number of carbonyl (C=O) groups excluding carboxylic acids is 1. The number of amides is 1. The van der Waals surface area contributed by atoms with Crippen molar-refractivity contribution in [2.45, 2.75) is 12.1 Å². The molecule has 5 heteroatoms. The number of nitrogens with zero attached hydrogens (tertiary/aromatic N) is 3. The lowest BCUT2D eigenvalue weighted by molar-refractivity contribution is -0.143. The van der Waals surface area contributed by atoms with Crippen LogP contribution in [-0.2, 0) is 9.53 Å². The average molecular weight is 305 g/mol. The first-order chi connectivity index (χ1) is 10.5.